The summed E-state index contributed by atoms with van der Waals surface area (Å²) < 4.78 is 7.34. The van der Waals surface area contributed by atoms with Crippen molar-refractivity contribution in [1.29, 1.82) is 5.26 Å². The number of carbonyl (C=O) groups excluding carboxylic acids is 1. The maximum Gasteiger partial charge on any atom is 0.266 e. The first-order chi connectivity index (χ1) is 19.1. The van der Waals surface area contributed by atoms with Crippen LogP contribution in [-0.2, 0) is 4.79 Å². The van der Waals surface area contributed by atoms with Gasteiger partial charge in [0.1, 0.15) is 17.4 Å². The van der Waals surface area contributed by atoms with E-state index in [0.29, 0.717) is 12.3 Å². The molecule has 1 aromatic heterocycles. The average Bonchev–Trinajstić information content (AvgIpc) is 3.44. The average molecular weight is 511 g/mol. The normalized spacial score (nSPS) is 11.0. The van der Waals surface area contributed by atoms with Crippen LogP contribution in [0, 0.1) is 11.3 Å². The molecule has 0 radical (unpaired) electrons. The number of rotatable bonds is 8. The van der Waals surface area contributed by atoms with E-state index in [1.54, 1.807) is 30.3 Å². The van der Waals surface area contributed by atoms with Crippen molar-refractivity contribution in [2.75, 3.05) is 11.9 Å². The molecule has 0 aliphatic rings. The van der Waals surface area contributed by atoms with Crippen LogP contribution in [-0.4, -0.2) is 22.3 Å². The number of anilines is 1. The molecule has 39 heavy (non-hydrogen) atoms. The topological polar surface area (TPSA) is 79.9 Å². The van der Waals surface area contributed by atoms with Crippen molar-refractivity contribution in [3.8, 4) is 40.0 Å². The molecule has 0 unspecified atom stereocenters. The van der Waals surface area contributed by atoms with Crippen molar-refractivity contribution in [1.82, 2.24) is 9.78 Å². The van der Waals surface area contributed by atoms with Crippen LogP contribution in [0.15, 0.2) is 121 Å². The molecule has 0 aliphatic heterocycles. The number of amides is 1. The summed E-state index contributed by atoms with van der Waals surface area (Å²) in [4.78, 5) is 12.7. The van der Waals surface area contributed by atoms with Gasteiger partial charge in [0, 0.05) is 16.8 Å². The van der Waals surface area contributed by atoms with E-state index in [9.17, 15) is 10.1 Å². The van der Waals surface area contributed by atoms with Gasteiger partial charge in [-0.05, 0) is 61.0 Å². The van der Waals surface area contributed by atoms with Crippen LogP contribution in [0.25, 0.3) is 34.3 Å². The molecule has 1 N–H and O–H groups in total. The van der Waals surface area contributed by atoms with Crippen LogP contribution < -0.4 is 10.1 Å². The molecule has 5 aromatic rings. The van der Waals surface area contributed by atoms with Gasteiger partial charge in [0.2, 0.25) is 0 Å². The van der Waals surface area contributed by atoms with Crippen molar-refractivity contribution in [2.45, 2.75) is 6.92 Å². The Morgan fingerprint density at radius 2 is 1.54 bits per heavy atom. The minimum Gasteiger partial charge on any atom is -0.494 e. The van der Waals surface area contributed by atoms with Crippen molar-refractivity contribution >= 4 is 17.7 Å². The highest BCUT2D eigenvalue weighted by Gasteiger charge is 2.14. The molecule has 0 saturated heterocycles. The van der Waals surface area contributed by atoms with E-state index >= 15 is 0 Å². The van der Waals surface area contributed by atoms with Gasteiger partial charge in [0.25, 0.3) is 5.91 Å². The van der Waals surface area contributed by atoms with E-state index in [1.807, 2.05) is 90.5 Å². The largest absolute Gasteiger partial charge is 0.494 e. The highest BCUT2D eigenvalue weighted by molar-refractivity contribution is 6.09. The van der Waals surface area contributed by atoms with Gasteiger partial charge in [0.05, 0.1) is 23.7 Å². The van der Waals surface area contributed by atoms with Gasteiger partial charge in [-0.15, -0.1) is 0 Å². The molecular formula is C33H26N4O2. The smallest absolute Gasteiger partial charge is 0.266 e. The summed E-state index contributed by atoms with van der Waals surface area (Å²) in [5.41, 5.74) is 6.10. The molecule has 0 fully saturated rings. The van der Waals surface area contributed by atoms with E-state index in [0.717, 1.165) is 39.5 Å². The molecule has 0 saturated carbocycles. The Labute approximate surface area is 227 Å². The second-order valence-electron chi connectivity index (χ2n) is 8.73. The standard InChI is InChI=1S/C33H26N4O2/c1-2-39-30-19-15-28(16-20-30)35-33(38)27(23-34)21-24-13-17-29(18-14-24)37-32(26-11-7-4-8-12-26)22-31(36-37)25-9-5-3-6-10-25/h3-22H,2H2,1H3,(H,35,38). The third-order valence-corrected chi connectivity index (χ3v) is 6.09. The molecule has 190 valence electrons. The third-order valence-electron chi connectivity index (χ3n) is 6.09. The van der Waals surface area contributed by atoms with Crippen LogP contribution in [0.5, 0.6) is 5.75 Å². The van der Waals surface area contributed by atoms with Crippen LogP contribution in [0.3, 0.4) is 0 Å². The van der Waals surface area contributed by atoms with Crippen molar-refractivity contribution in [3.05, 3.63) is 126 Å². The lowest BCUT2D eigenvalue weighted by molar-refractivity contribution is -0.112. The Morgan fingerprint density at radius 1 is 0.897 bits per heavy atom. The fraction of sp³-hybridized carbons (Fsp3) is 0.0606. The fourth-order valence-electron chi connectivity index (χ4n) is 4.17. The van der Waals surface area contributed by atoms with E-state index in [1.165, 1.54) is 0 Å². The monoisotopic (exact) mass is 510 g/mol. The van der Waals surface area contributed by atoms with Gasteiger partial charge in [-0.25, -0.2) is 4.68 Å². The van der Waals surface area contributed by atoms with Crippen LogP contribution in [0.4, 0.5) is 5.69 Å². The number of nitriles is 1. The number of aromatic nitrogens is 2. The van der Waals surface area contributed by atoms with Crippen molar-refractivity contribution in [3.63, 3.8) is 0 Å². The van der Waals surface area contributed by atoms with Crippen LogP contribution in [0.2, 0.25) is 0 Å². The van der Waals surface area contributed by atoms with Gasteiger partial charge in [-0.1, -0.05) is 72.8 Å². The molecule has 1 heterocycles. The number of hydrogen-bond acceptors (Lipinski definition) is 4. The number of carbonyl (C=O) groups is 1. The zero-order valence-electron chi connectivity index (χ0n) is 21.4. The predicted octanol–water partition coefficient (Wildman–Crippen LogP) is 7.15. The third kappa shape index (κ3) is 5.95. The molecule has 1 amide bonds. The summed E-state index contributed by atoms with van der Waals surface area (Å²) in [6.07, 6.45) is 1.57. The first kappa shape index (κ1) is 25.2. The molecule has 6 nitrogen and oxygen atoms in total. The number of hydrogen-bond donors (Lipinski definition) is 1. The first-order valence-corrected chi connectivity index (χ1v) is 12.6. The molecule has 4 aromatic carbocycles. The minimum atomic E-state index is -0.475. The van der Waals surface area contributed by atoms with Crippen LogP contribution in [0.1, 0.15) is 12.5 Å². The van der Waals surface area contributed by atoms with Gasteiger partial charge in [-0.3, -0.25) is 4.79 Å². The first-order valence-electron chi connectivity index (χ1n) is 12.6. The Morgan fingerprint density at radius 3 is 2.15 bits per heavy atom. The summed E-state index contributed by atoms with van der Waals surface area (Å²) in [5, 5.41) is 17.3. The predicted molar refractivity (Wildman–Crippen MR) is 154 cm³/mol. The summed E-state index contributed by atoms with van der Waals surface area (Å²) in [7, 11) is 0. The second-order valence-corrected chi connectivity index (χ2v) is 8.73. The SMILES string of the molecule is CCOc1ccc(NC(=O)C(C#N)=Cc2ccc(-n3nc(-c4ccccc4)cc3-c3ccccc3)cc2)cc1. The number of nitrogens with zero attached hydrogens (tertiary/aromatic N) is 3. The van der Waals surface area contributed by atoms with Crippen molar-refractivity contribution < 1.29 is 9.53 Å². The zero-order chi connectivity index (χ0) is 27.0. The number of nitrogens with one attached hydrogen (secondary N) is 1. The van der Waals surface area contributed by atoms with E-state index in [4.69, 9.17) is 9.84 Å². The quantitative estimate of drug-likeness (QED) is 0.178. The summed E-state index contributed by atoms with van der Waals surface area (Å²) in [6.45, 7) is 2.47. The summed E-state index contributed by atoms with van der Waals surface area (Å²) in [5.74, 6) is 0.242. The Balaban J connectivity index is 1.40. The van der Waals surface area contributed by atoms with Gasteiger partial charge in [0.15, 0.2) is 0 Å². The molecule has 0 spiro atoms. The van der Waals surface area contributed by atoms with Crippen LogP contribution >= 0.6 is 0 Å². The molecule has 5 rings (SSSR count). The fourth-order valence-corrected chi connectivity index (χ4v) is 4.17. The highest BCUT2D eigenvalue weighted by Crippen LogP contribution is 2.29. The zero-order valence-corrected chi connectivity index (χ0v) is 21.4. The Hall–Kier alpha value is -5.41. The lowest BCUT2D eigenvalue weighted by atomic mass is 10.1. The highest BCUT2D eigenvalue weighted by atomic mass is 16.5. The summed E-state index contributed by atoms with van der Waals surface area (Å²) >= 11 is 0. The summed E-state index contributed by atoms with van der Waals surface area (Å²) in [6, 6.07) is 38.9. The van der Waals surface area contributed by atoms with Gasteiger partial charge < -0.3 is 10.1 Å². The van der Waals surface area contributed by atoms with Gasteiger partial charge in [-0.2, -0.15) is 10.4 Å². The number of ether oxygens (including phenoxy) is 1. The Bertz CT molecular complexity index is 1630. The molecule has 0 aliphatic carbocycles. The van der Waals surface area contributed by atoms with Crippen molar-refractivity contribution in [2.24, 2.45) is 0 Å². The molecule has 0 atom stereocenters. The second kappa shape index (κ2) is 11.8. The van der Waals surface area contributed by atoms with Gasteiger partial charge >= 0.3 is 0 Å². The van der Waals surface area contributed by atoms with E-state index < -0.39 is 5.91 Å². The van der Waals surface area contributed by atoms with E-state index in [-0.39, 0.29) is 5.57 Å². The number of benzene rings is 4. The molecule has 6 heteroatoms. The lowest BCUT2D eigenvalue weighted by Gasteiger charge is -2.09. The maximum atomic E-state index is 12.7. The molecular weight excluding hydrogens is 484 g/mol. The maximum absolute atomic E-state index is 12.7. The molecule has 0 bridgehead atoms. The minimum absolute atomic E-state index is 0.00654. The lowest BCUT2D eigenvalue weighted by Crippen LogP contribution is -2.13. The van der Waals surface area contributed by atoms with E-state index in [2.05, 4.69) is 23.5 Å². The Kier molecular flexibility index (Phi) is 7.61.